The van der Waals surface area contributed by atoms with Crippen molar-refractivity contribution in [2.45, 2.75) is 13.8 Å². The molecular formula is C16H14BrN3O. The van der Waals surface area contributed by atoms with Gasteiger partial charge in [-0.25, -0.2) is 4.98 Å². The molecule has 0 aliphatic carbocycles. The highest BCUT2D eigenvalue weighted by Crippen LogP contribution is 2.18. The van der Waals surface area contributed by atoms with E-state index in [-0.39, 0.29) is 5.91 Å². The number of benzene rings is 1. The number of aryl methyl sites for hydroxylation is 2. The third-order valence-electron chi connectivity index (χ3n) is 3.26. The van der Waals surface area contributed by atoms with Gasteiger partial charge in [0, 0.05) is 16.4 Å². The van der Waals surface area contributed by atoms with E-state index < -0.39 is 0 Å². The van der Waals surface area contributed by atoms with E-state index in [9.17, 15) is 4.79 Å². The monoisotopic (exact) mass is 343 g/mol. The molecule has 0 saturated carbocycles. The van der Waals surface area contributed by atoms with Gasteiger partial charge in [0.05, 0.1) is 5.69 Å². The number of amides is 1. The van der Waals surface area contributed by atoms with Crippen LogP contribution in [0.1, 0.15) is 21.7 Å². The Kier molecular flexibility index (Phi) is 3.51. The minimum atomic E-state index is -0.159. The van der Waals surface area contributed by atoms with Crippen molar-refractivity contribution in [3.05, 3.63) is 64.0 Å². The van der Waals surface area contributed by atoms with Gasteiger partial charge in [-0.2, -0.15) is 0 Å². The molecule has 4 nitrogen and oxygen atoms in total. The first-order chi connectivity index (χ1) is 10.0. The van der Waals surface area contributed by atoms with E-state index in [0.29, 0.717) is 5.69 Å². The van der Waals surface area contributed by atoms with Crippen molar-refractivity contribution in [3.8, 4) is 0 Å². The summed E-state index contributed by atoms with van der Waals surface area (Å²) >= 11 is 3.38. The van der Waals surface area contributed by atoms with Gasteiger partial charge < -0.3 is 5.32 Å². The van der Waals surface area contributed by atoms with Gasteiger partial charge in [0.2, 0.25) is 0 Å². The van der Waals surface area contributed by atoms with Gasteiger partial charge in [-0.3, -0.25) is 9.20 Å². The maximum absolute atomic E-state index is 12.5. The van der Waals surface area contributed by atoms with Crippen molar-refractivity contribution >= 4 is 33.2 Å². The summed E-state index contributed by atoms with van der Waals surface area (Å²) in [6, 6.07) is 11.4. The normalized spacial score (nSPS) is 10.8. The zero-order valence-corrected chi connectivity index (χ0v) is 13.3. The molecule has 5 heteroatoms. The molecular weight excluding hydrogens is 330 g/mol. The van der Waals surface area contributed by atoms with Gasteiger partial charge in [-0.15, -0.1) is 0 Å². The van der Waals surface area contributed by atoms with Crippen molar-refractivity contribution in [1.82, 2.24) is 9.38 Å². The Labute approximate surface area is 131 Å². The molecule has 3 rings (SSSR count). The number of carbonyl (C=O) groups excluding carboxylic acids is 1. The van der Waals surface area contributed by atoms with Crippen LogP contribution >= 0.6 is 15.9 Å². The molecule has 0 atom stereocenters. The van der Waals surface area contributed by atoms with Gasteiger partial charge >= 0.3 is 0 Å². The summed E-state index contributed by atoms with van der Waals surface area (Å²) in [7, 11) is 0. The number of anilines is 1. The molecule has 0 saturated heterocycles. The molecule has 1 N–H and O–H groups in total. The zero-order chi connectivity index (χ0) is 15.0. The highest BCUT2D eigenvalue weighted by Gasteiger charge is 2.16. The van der Waals surface area contributed by atoms with Gasteiger partial charge in [-0.05, 0) is 49.7 Å². The number of hydrogen-bond acceptors (Lipinski definition) is 2. The number of pyridine rings is 1. The minimum absolute atomic E-state index is 0.159. The molecule has 0 aliphatic rings. The van der Waals surface area contributed by atoms with Crippen molar-refractivity contribution < 1.29 is 4.79 Å². The summed E-state index contributed by atoms with van der Waals surface area (Å²) in [4.78, 5) is 16.9. The number of imidazole rings is 1. The van der Waals surface area contributed by atoms with Crippen LogP contribution in [-0.4, -0.2) is 15.3 Å². The Morgan fingerprint density at radius 1 is 1.14 bits per heavy atom. The van der Waals surface area contributed by atoms with E-state index >= 15 is 0 Å². The molecule has 0 bridgehead atoms. The molecule has 0 aliphatic heterocycles. The zero-order valence-electron chi connectivity index (χ0n) is 11.7. The summed E-state index contributed by atoms with van der Waals surface area (Å²) in [5.41, 5.74) is 3.90. The summed E-state index contributed by atoms with van der Waals surface area (Å²) < 4.78 is 2.81. The molecule has 106 valence electrons. The highest BCUT2D eigenvalue weighted by molar-refractivity contribution is 9.10. The second-order valence-electron chi connectivity index (χ2n) is 4.94. The summed E-state index contributed by atoms with van der Waals surface area (Å²) in [5, 5.41) is 2.90. The lowest BCUT2D eigenvalue weighted by Gasteiger charge is -2.06. The number of rotatable bonds is 2. The summed E-state index contributed by atoms with van der Waals surface area (Å²) in [6.07, 6.45) is 1.92. The Bertz CT molecular complexity index is 821. The second kappa shape index (κ2) is 5.33. The van der Waals surface area contributed by atoms with Crippen LogP contribution in [0.25, 0.3) is 5.65 Å². The van der Waals surface area contributed by atoms with Crippen LogP contribution in [0.2, 0.25) is 0 Å². The summed E-state index contributed by atoms with van der Waals surface area (Å²) in [6.45, 7) is 3.84. The van der Waals surface area contributed by atoms with Crippen LogP contribution in [-0.2, 0) is 0 Å². The fraction of sp³-hybridized carbons (Fsp3) is 0.125. The number of carbonyl (C=O) groups is 1. The Hall–Kier alpha value is -2.14. The molecule has 3 aromatic rings. The Morgan fingerprint density at radius 2 is 1.86 bits per heavy atom. The standard InChI is InChI=1S/C16H14BrN3O/c1-10-3-8-14-18-11(2)15(20(14)9-10)16(21)19-13-6-4-12(17)5-7-13/h3-9H,1-2H3,(H,19,21). The number of fused-ring (bicyclic) bond motifs is 1. The lowest BCUT2D eigenvalue weighted by Crippen LogP contribution is -2.15. The first kappa shape index (κ1) is 13.8. The predicted molar refractivity (Wildman–Crippen MR) is 86.8 cm³/mol. The van der Waals surface area contributed by atoms with E-state index in [1.54, 1.807) is 0 Å². The van der Waals surface area contributed by atoms with Gasteiger partial charge in [-0.1, -0.05) is 22.0 Å². The molecule has 0 unspecified atom stereocenters. The molecule has 0 radical (unpaired) electrons. The van der Waals surface area contributed by atoms with Crippen molar-refractivity contribution in [1.29, 1.82) is 0 Å². The molecule has 0 spiro atoms. The number of aromatic nitrogens is 2. The van der Waals surface area contributed by atoms with Crippen LogP contribution in [0, 0.1) is 13.8 Å². The van der Waals surface area contributed by atoms with Crippen LogP contribution < -0.4 is 5.32 Å². The molecule has 0 fully saturated rings. The van der Waals surface area contributed by atoms with Crippen LogP contribution in [0.4, 0.5) is 5.69 Å². The minimum Gasteiger partial charge on any atom is -0.321 e. The first-order valence-electron chi connectivity index (χ1n) is 6.57. The third-order valence-corrected chi connectivity index (χ3v) is 3.79. The molecule has 2 heterocycles. The topological polar surface area (TPSA) is 46.4 Å². The van der Waals surface area contributed by atoms with Crippen LogP contribution in [0.5, 0.6) is 0 Å². The number of nitrogens with zero attached hydrogens (tertiary/aromatic N) is 2. The molecule has 2 aromatic heterocycles. The lowest BCUT2D eigenvalue weighted by atomic mass is 10.2. The van der Waals surface area contributed by atoms with Crippen molar-refractivity contribution in [2.24, 2.45) is 0 Å². The summed E-state index contributed by atoms with van der Waals surface area (Å²) in [5.74, 6) is -0.159. The third kappa shape index (κ3) is 2.69. The number of halogens is 1. The van der Waals surface area contributed by atoms with E-state index in [0.717, 1.165) is 27.1 Å². The van der Waals surface area contributed by atoms with Gasteiger partial charge in [0.25, 0.3) is 5.91 Å². The fourth-order valence-corrected chi connectivity index (χ4v) is 2.53. The maximum Gasteiger partial charge on any atom is 0.274 e. The lowest BCUT2D eigenvalue weighted by molar-refractivity contribution is 0.102. The number of hydrogen-bond donors (Lipinski definition) is 1. The quantitative estimate of drug-likeness (QED) is 0.765. The van der Waals surface area contributed by atoms with Gasteiger partial charge in [0.15, 0.2) is 0 Å². The van der Waals surface area contributed by atoms with E-state index in [1.807, 2.05) is 60.8 Å². The Balaban J connectivity index is 1.99. The predicted octanol–water partition coefficient (Wildman–Crippen LogP) is 3.97. The number of nitrogens with one attached hydrogen (secondary N) is 1. The largest absolute Gasteiger partial charge is 0.321 e. The fourth-order valence-electron chi connectivity index (χ4n) is 2.27. The second-order valence-corrected chi connectivity index (χ2v) is 5.86. The highest BCUT2D eigenvalue weighted by atomic mass is 79.9. The van der Waals surface area contributed by atoms with E-state index in [4.69, 9.17) is 0 Å². The molecule has 1 aromatic carbocycles. The van der Waals surface area contributed by atoms with E-state index in [2.05, 4.69) is 26.2 Å². The first-order valence-corrected chi connectivity index (χ1v) is 7.36. The van der Waals surface area contributed by atoms with E-state index in [1.165, 1.54) is 0 Å². The van der Waals surface area contributed by atoms with Crippen LogP contribution in [0.15, 0.2) is 47.1 Å². The smallest absolute Gasteiger partial charge is 0.274 e. The van der Waals surface area contributed by atoms with Crippen molar-refractivity contribution in [3.63, 3.8) is 0 Å². The van der Waals surface area contributed by atoms with Gasteiger partial charge in [0.1, 0.15) is 11.3 Å². The average Bonchev–Trinajstić information content (AvgIpc) is 2.76. The van der Waals surface area contributed by atoms with Crippen LogP contribution in [0.3, 0.4) is 0 Å². The van der Waals surface area contributed by atoms with Crippen molar-refractivity contribution in [2.75, 3.05) is 5.32 Å². The Morgan fingerprint density at radius 3 is 2.57 bits per heavy atom. The molecule has 1 amide bonds. The maximum atomic E-state index is 12.5. The SMILES string of the molecule is Cc1ccc2nc(C)c(C(=O)Nc3ccc(Br)cc3)n2c1. The molecule has 21 heavy (non-hydrogen) atoms. The average molecular weight is 344 g/mol.